The van der Waals surface area contributed by atoms with E-state index in [1.54, 1.807) is 12.1 Å². The number of benzene rings is 1. The molecule has 0 saturated heterocycles. The highest BCUT2D eigenvalue weighted by molar-refractivity contribution is 5.93. The van der Waals surface area contributed by atoms with Gasteiger partial charge in [-0.1, -0.05) is 12.1 Å². The van der Waals surface area contributed by atoms with Crippen LogP contribution < -0.4 is 11.3 Å². The number of amides is 1. The quantitative estimate of drug-likeness (QED) is 0.727. The smallest absolute Gasteiger partial charge is 0.341 e. The van der Waals surface area contributed by atoms with Crippen LogP contribution in [0.4, 0.5) is 0 Å². The number of hydrogen-bond acceptors (Lipinski definition) is 4. The normalized spacial score (nSPS) is 10.1. The molecule has 4 N–H and O–H groups in total. The molecule has 0 radical (unpaired) electrons. The van der Waals surface area contributed by atoms with Crippen molar-refractivity contribution in [3.8, 4) is 11.3 Å². The summed E-state index contributed by atoms with van der Waals surface area (Å²) in [4.78, 5) is 33.0. The Hall–Kier alpha value is -2.96. The van der Waals surface area contributed by atoms with Gasteiger partial charge < -0.3 is 10.8 Å². The average Bonchev–Trinajstić information content (AvgIpc) is 2.39. The van der Waals surface area contributed by atoms with E-state index in [1.165, 1.54) is 18.2 Å². The molecule has 0 spiro atoms. The van der Waals surface area contributed by atoms with Gasteiger partial charge in [0.15, 0.2) is 0 Å². The van der Waals surface area contributed by atoms with Crippen molar-refractivity contribution in [2.45, 2.75) is 0 Å². The summed E-state index contributed by atoms with van der Waals surface area (Å²) in [5, 5.41) is 14.7. The fraction of sp³-hybridized carbons (Fsp3) is 0. The second kappa shape index (κ2) is 4.73. The Morgan fingerprint density at radius 3 is 2.37 bits per heavy atom. The Bertz CT molecular complexity index is 704. The first-order valence-corrected chi connectivity index (χ1v) is 5.22. The van der Waals surface area contributed by atoms with Gasteiger partial charge in [-0.25, -0.2) is 9.89 Å². The van der Waals surface area contributed by atoms with Crippen molar-refractivity contribution >= 4 is 11.9 Å². The number of nitrogens with one attached hydrogen (secondary N) is 1. The maximum Gasteiger partial charge on any atom is 0.341 e. The maximum absolute atomic E-state index is 11.2. The Kier molecular flexibility index (Phi) is 3.11. The van der Waals surface area contributed by atoms with Gasteiger partial charge in [-0.05, 0) is 18.2 Å². The molecule has 0 unspecified atom stereocenters. The van der Waals surface area contributed by atoms with Gasteiger partial charge in [-0.3, -0.25) is 9.59 Å². The molecule has 0 fully saturated rings. The zero-order valence-corrected chi connectivity index (χ0v) is 9.58. The summed E-state index contributed by atoms with van der Waals surface area (Å²) in [7, 11) is 0. The van der Waals surface area contributed by atoms with Crippen LogP contribution in [0, 0.1) is 0 Å². The average molecular weight is 259 g/mol. The first-order chi connectivity index (χ1) is 8.99. The number of nitrogens with two attached hydrogens (primary N) is 1. The number of rotatable bonds is 3. The molecule has 1 heterocycles. The molecule has 0 aliphatic heterocycles. The number of carboxylic acids is 1. The number of H-pyrrole nitrogens is 1. The fourth-order valence-electron chi connectivity index (χ4n) is 1.52. The molecule has 96 valence electrons. The van der Waals surface area contributed by atoms with Gasteiger partial charge in [0.05, 0.1) is 5.69 Å². The van der Waals surface area contributed by atoms with E-state index in [-0.39, 0.29) is 5.69 Å². The fourth-order valence-corrected chi connectivity index (χ4v) is 1.52. The number of aromatic nitrogens is 2. The van der Waals surface area contributed by atoms with Crippen LogP contribution >= 0.6 is 0 Å². The lowest BCUT2D eigenvalue weighted by Gasteiger charge is -2.02. The molecule has 0 aliphatic rings. The molecule has 1 aromatic carbocycles. The molecule has 1 amide bonds. The van der Waals surface area contributed by atoms with Crippen LogP contribution in [0.1, 0.15) is 20.7 Å². The van der Waals surface area contributed by atoms with Crippen molar-refractivity contribution in [1.82, 2.24) is 10.2 Å². The topological polar surface area (TPSA) is 126 Å². The SMILES string of the molecule is NC(=O)c1ccc(-c2cc(C(=O)O)c(=O)[nH]n2)cc1. The van der Waals surface area contributed by atoms with Crippen LogP contribution in [0.15, 0.2) is 35.1 Å². The van der Waals surface area contributed by atoms with E-state index in [1.807, 2.05) is 0 Å². The highest BCUT2D eigenvalue weighted by atomic mass is 16.4. The summed E-state index contributed by atoms with van der Waals surface area (Å²) in [6, 6.07) is 7.27. The van der Waals surface area contributed by atoms with Crippen molar-refractivity contribution in [2.75, 3.05) is 0 Å². The number of carboxylic acid groups (broad SMARTS) is 1. The number of nitrogens with zero attached hydrogens (tertiary/aromatic N) is 1. The summed E-state index contributed by atoms with van der Waals surface area (Å²) >= 11 is 0. The minimum absolute atomic E-state index is 0.285. The minimum Gasteiger partial charge on any atom is -0.477 e. The first kappa shape index (κ1) is 12.5. The molecule has 2 aromatic rings. The van der Waals surface area contributed by atoms with Gasteiger partial charge in [-0.2, -0.15) is 5.10 Å². The number of aromatic carboxylic acids is 1. The van der Waals surface area contributed by atoms with Crippen molar-refractivity contribution in [2.24, 2.45) is 5.73 Å². The lowest BCUT2D eigenvalue weighted by molar-refractivity contribution is 0.0694. The summed E-state index contributed by atoms with van der Waals surface area (Å²) in [5.41, 5.74) is 5.10. The zero-order chi connectivity index (χ0) is 14.0. The van der Waals surface area contributed by atoms with Crippen molar-refractivity contribution in [3.63, 3.8) is 0 Å². The standard InChI is InChI=1S/C12H9N3O4/c13-10(16)7-3-1-6(2-4-7)9-5-8(12(18)19)11(17)15-14-9/h1-5H,(H2,13,16)(H,15,17)(H,18,19). The monoisotopic (exact) mass is 259 g/mol. The molecular weight excluding hydrogens is 250 g/mol. The number of aromatic amines is 1. The van der Waals surface area contributed by atoms with Gasteiger partial charge in [0.25, 0.3) is 5.56 Å². The molecule has 0 aliphatic carbocycles. The molecule has 19 heavy (non-hydrogen) atoms. The highest BCUT2D eigenvalue weighted by Crippen LogP contribution is 2.16. The van der Waals surface area contributed by atoms with Crippen LogP contribution in [0.3, 0.4) is 0 Å². The van der Waals surface area contributed by atoms with Gasteiger partial charge in [0.1, 0.15) is 5.56 Å². The summed E-state index contributed by atoms with van der Waals surface area (Å²) in [5.74, 6) is -1.90. The zero-order valence-electron chi connectivity index (χ0n) is 9.58. The van der Waals surface area contributed by atoms with Gasteiger partial charge in [0.2, 0.25) is 5.91 Å². The molecular formula is C12H9N3O4. The maximum atomic E-state index is 11.2. The van der Waals surface area contributed by atoms with E-state index < -0.39 is 23.0 Å². The van der Waals surface area contributed by atoms with Crippen LogP contribution in [-0.2, 0) is 0 Å². The number of carbonyl (C=O) groups excluding carboxylic acids is 1. The van der Waals surface area contributed by atoms with Crippen molar-refractivity contribution in [1.29, 1.82) is 0 Å². The second-order valence-electron chi connectivity index (χ2n) is 3.74. The molecule has 0 bridgehead atoms. The Morgan fingerprint density at radius 1 is 1.21 bits per heavy atom. The molecule has 7 nitrogen and oxygen atoms in total. The number of hydrogen-bond donors (Lipinski definition) is 3. The van der Waals surface area contributed by atoms with Crippen molar-refractivity contribution < 1.29 is 14.7 Å². The van der Waals surface area contributed by atoms with E-state index in [4.69, 9.17) is 10.8 Å². The first-order valence-electron chi connectivity index (χ1n) is 5.22. The summed E-state index contributed by atoms with van der Waals surface area (Å²) in [6.45, 7) is 0. The van der Waals surface area contributed by atoms with Gasteiger partial charge >= 0.3 is 5.97 Å². The van der Waals surface area contributed by atoms with Gasteiger partial charge in [0, 0.05) is 11.1 Å². The Labute approximate surface area is 106 Å². The van der Waals surface area contributed by atoms with Crippen LogP contribution in [0.25, 0.3) is 11.3 Å². The second-order valence-corrected chi connectivity index (χ2v) is 3.74. The lowest BCUT2D eigenvalue weighted by Crippen LogP contribution is -2.18. The van der Waals surface area contributed by atoms with Gasteiger partial charge in [-0.15, -0.1) is 0 Å². The molecule has 2 rings (SSSR count). The Morgan fingerprint density at radius 2 is 1.84 bits per heavy atom. The summed E-state index contributed by atoms with van der Waals surface area (Å²) < 4.78 is 0. The summed E-state index contributed by atoms with van der Waals surface area (Å²) in [6.07, 6.45) is 0. The third-order valence-electron chi connectivity index (χ3n) is 2.50. The highest BCUT2D eigenvalue weighted by Gasteiger charge is 2.11. The molecule has 0 atom stereocenters. The number of primary amides is 1. The molecule has 1 aromatic heterocycles. The predicted molar refractivity (Wildman–Crippen MR) is 65.8 cm³/mol. The van der Waals surface area contributed by atoms with Crippen LogP contribution in [0.5, 0.6) is 0 Å². The minimum atomic E-state index is -1.33. The van der Waals surface area contributed by atoms with E-state index in [0.717, 1.165) is 0 Å². The van der Waals surface area contributed by atoms with E-state index in [9.17, 15) is 14.4 Å². The van der Waals surface area contributed by atoms with E-state index in [0.29, 0.717) is 11.1 Å². The Balaban J connectivity index is 2.47. The lowest BCUT2D eigenvalue weighted by atomic mass is 10.1. The molecule has 7 heteroatoms. The van der Waals surface area contributed by atoms with Crippen molar-refractivity contribution in [3.05, 3.63) is 51.8 Å². The van der Waals surface area contributed by atoms with E-state index in [2.05, 4.69) is 10.2 Å². The largest absolute Gasteiger partial charge is 0.477 e. The molecule has 0 saturated carbocycles. The van der Waals surface area contributed by atoms with Crippen LogP contribution in [0.2, 0.25) is 0 Å². The third-order valence-corrected chi connectivity index (χ3v) is 2.50. The third kappa shape index (κ3) is 2.49. The van der Waals surface area contributed by atoms with Crippen LogP contribution in [-0.4, -0.2) is 27.2 Å². The van der Waals surface area contributed by atoms with E-state index >= 15 is 0 Å². The number of carbonyl (C=O) groups is 2. The predicted octanol–water partition coefficient (Wildman–Crippen LogP) is 0.234.